The van der Waals surface area contributed by atoms with Gasteiger partial charge in [-0.3, -0.25) is 4.79 Å². The van der Waals surface area contributed by atoms with E-state index in [0.29, 0.717) is 12.1 Å². The van der Waals surface area contributed by atoms with Gasteiger partial charge in [0.1, 0.15) is 0 Å². The summed E-state index contributed by atoms with van der Waals surface area (Å²) in [6.45, 7) is 5.23. The number of halogens is 2. The van der Waals surface area contributed by atoms with Crippen molar-refractivity contribution in [1.29, 1.82) is 0 Å². The van der Waals surface area contributed by atoms with Crippen molar-refractivity contribution in [1.82, 2.24) is 19.7 Å². The number of nitrogens with zero attached hydrogens (tertiary/aromatic N) is 4. The van der Waals surface area contributed by atoms with Crippen LogP contribution in [-0.4, -0.2) is 44.7 Å². The molecule has 0 aromatic carbocycles. The molecule has 1 unspecified atom stereocenters. The Hall–Kier alpha value is -1.63. The Balaban J connectivity index is 0.00000156. The van der Waals surface area contributed by atoms with E-state index in [0.717, 1.165) is 43.0 Å². The van der Waals surface area contributed by atoms with Gasteiger partial charge in [0.2, 0.25) is 0 Å². The van der Waals surface area contributed by atoms with Gasteiger partial charge in [0.15, 0.2) is 5.82 Å². The smallest absolute Gasteiger partial charge is 0.255 e. The first-order chi connectivity index (χ1) is 11.1. The number of aryl methyl sites for hydroxylation is 2. The molecule has 3 heterocycles. The zero-order valence-electron chi connectivity index (χ0n) is 14.5. The fourth-order valence-electron chi connectivity index (χ4n) is 3.18. The first-order valence-corrected chi connectivity index (χ1v) is 8.11. The van der Waals surface area contributed by atoms with Crippen LogP contribution in [0.25, 0.3) is 5.82 Å². The number of rotatable bonds is 3. The summed E-state index contributed by atoms with van der Waals surface area (Å²) in [7, 11) is 0. The topological polar surface area (TPSA) is 77.0 Å². The quantitative estimate of drug-likeness (QED) is 0.880. The van der Waals surface area contributed by atoms with Gasteiger partial charge in [0.05, 0.1) is 11.3 Å². The number of likely N-dealkylation sites (tertiary alicyclic amines) is 1. The summed E-state index contributed by atoms with van der Waals surface area (Å²) in [5.41, 5.74) is 8.38. The molecular formula is C17H25Cl2N5O. The lowest BCUT2D eigenvalue weighted by Crippen LogP contribution is -2.47. The van der Waals surface area contributed by atoms with Gasteiger partial charge in [-0.25, -0.2) is 9.67 Å². The third-order valence-corrected chi connectivity index (χ3v) is 4.38. The van der Waals surface area contributed by atoms with Crippen molar-refractivity contribution in [3.8, 4) is 5.82 Å². The van der Waals surface area contributed by atoms with Crippen LogP contribution in [0.15, 0.2) is 24.4 Å². The maximum atomic E-state index is 12.7. The summed E-state index contributed by atoms with van der Waals surface area (Å²) >= 11 is 0. The van der Waals surface area contributed by atoms with Crippen LogP contribution in [-0.2, 0) is 0 Å². The van der Waals surface area contributed by atoms with E-state index in [1.165, 1.54) is 0 Å². The molecule has 8 heteroatoms. The highest BCUT2D eigenvalue weighted by Gasteiger charge is 2.26. The predicted molar refractivity (Wildman–Crippen MR) is 103 cm³/mol. The number of nitrogens with two attached hydrogens (primary N) is 1. The number of pyridine rings is 1. The minimum Gasteiger partial charge on any atom is -0.334 e. The van der Waals surface area contributed by atoms with Crippen molar-refractivity contribution in [3.63, 3.8) is 0 Å². The molecule has 1 aliphatic rings. The molecule has 0 radical (unpaired) electrons. The summed E-state index contributed by atoms with van der Waals surface area (Å²) in [6, 6.07) is 5.81. The Morgan fingerprint density at radius 1 is 1.28 bits per heavy atom. The largest absolute Gasteiger partial charge is 0.334 e. The van der Waals surface area contributed by atoms with Crippen LogP contribution in [0, 0.1) is 13.8 Å². The van der Waals surface area contributed by atoms with Crippen LogP contribution in [0.1, 0.15) is 41.0 Å². The van der Waals surface area contributed by atoms with E-state index in [2.05, 4.69) is 10.1 Å². The lowest BCUT2D eigenvalue weighted by atomic mass is 10.0. The van der Waals surface area contributed by atoms with Gasteiger partial charge < -0.3 is 10.6 Å². The molecule has 1 amide bonds. The summed E-state index contributed by atoms with van der Waals surface area (Å²) in [5.74, 6) is 0.744. The number of hydrogen-bond donors (Lipinski definition) is 1. The zero-order chi connectivity index (χ0) is 16.4. The molecule has 2 N–H and O–H groups in total. The Morgan fingerprint density at radius 2 is 2.04 bits per heavy atom. The number of carbonyl (C=O) groups is 1. The molecule has 3 rings (SSSR count). The number of piperidine rings is 1. The molecule has 1 saturated heterocycles. The van der Waals surface area contributed by atoms with E-state index < -0.39 is 0 Å². The molecule has 0 spiro atoms. The van der Waals surface area contributed by atoms with E-state index in [1.54, 1.807) is 10.9 Å². The fourth-order valence-corrected chi connectivity index (χ4v) is 3.18. The van der Waals surface area contributed by atoms with Crippen LogP contribution >= 0.6 is 24.8 Å². The summed E-state index contributed by atoms with van der Waals surface area (Å²) < 4.78 is 1.78. The summed E-state index contributed by atoms with van der Waals surface area (Å²) in [6.07, 6.45) is 4.80. The number of carbonyl (C=O) groups excluding carboxylic acids is 1. The molecule has 0 saturated carbocycles. The molecule has 2 aromatic heterocycles. The number of amides is 1. The summed E-state index contributed by atoms with van der Waals surface area (Å²) in [5, 5.41) is 4.41. The van der Waals surface area contributed by atoms with E-state index in [9.17, 15) is 4.79 Å². The second-order valence-corrected chi connectivity index (χ2v) is 6.13. The maximum Gasteiger partial charge on any atom is 0.255 e. The average Bonchev–Trinajstić information content (AvgIpc) is 2.92. The van der Waals surface area contributed by atoms with Crippen LogP contribution in [0.4, 0.5) is 0 Å². The average molecular weight is 386 g/mol. The highest BCUT2D eigenvalue weighted by atomic mass is 35.5. The molecule has 1 atom stereocenters. The molecular weight excluding hydrogens is 361 g/mol. The Labute approximate surface area is 160 Å². The van der Waals surface area contributed by atoms with Gasteiger partial charge in [0.25, 0.3) is 5.91 Å². The van der Waals surface area contributed by atoms with Crippen LogP contribution in [0.3, 0.4) is 0 Å². The molecule has 0 aliphatic carbocycles. The maximum absolute atomic E-state index is 12.7. The normalized spacial score (nSPS) is 16.8. The lowest BCUT2D eigenvalue weighted by Gasteiger charge is -2.35. The monoisotopic (exact) mass is 385 g/mol. The van der Waals surface area contributed by atoms with Crippen molar-refractivity contribution in [2.75, 3.05) is 13.1 Å². The van der Waals surface area contributed by atoms with Gasteiger partial charge in [-0.2, -0.15) is 5.10 Å². The van der Waals surface area contributed by atoms with Crippen molar-refractivity contribution < 1.29 is 4.79 Å². The molecule has 25 heavy (non-hydrogen) atoms. The molecule has 138 valence electrons. The molecule has 2 aromatic rings. The molecule has 1 fully saturated rings. The predicted octanol–water partition coefficient (Wildman–Crippen LogP) is 2.68. The summed E-state index contributed by atoms with van der Waals surface area (Å²) in [4.78, 5) is 19.0. The fraction of sp³-hybridized carbons (Fsp3) is 0.471. The van der Waals surface area contributed by atoms with Gasteiger partial charge in [-0.15, -0.1) is 24.8 Å². The third-order valence-electron chi connectivity index (χ3n) is 4.38. The highest BCUT2D eigenvalue weighted by molar-refractivity contribution is 5.94. The Kier molecular flexibility index (Phi) is 7.86. The van der Waals surface area contributed by atoms with Crippen molar-refractivity contribution in [3.05, 3.63) is 41.3 Å². The SMILES string of the molecule is Cc1cc(C)n(-c2ccc(C(=O)N3CCCCC3CN)cn2)n1.Cl.Cl. The second-order valence-electron chi connectivity index (χ2n) is 6.13. The third kappa shape index (κ3) is 4.51. The van der Waals surface area contributed by atoms with Gasteiger partial charge in [0, 0.05) is 31.0 Å². The zero-order valence-corrected chi connectivity index (χ0v) is 16.1. The highest BCUT2D eigenvalue weighted by Crippen LogP contribution is 2.19. The Morgan fingerprint density at radius 3 is 2.60 bits per heavy atom. The molecule has 1 aliphatic heterocycles. The van der Waals surface area contributed by atoms with Crippen molar-refractivity contribution >= 4 is 30.7 Å². The van der Waals surface area contributed by atoms with Crippen molar-refractivity contribution in [2.24, 2.45) is 5.73 Å². The minimum absolute atomic E-state index is 0. The molecule has 6 nitrogen and oxygen atoms in total. The van der Waals surface area contributed by atoms with Crippen LogP contribution < -0.4 is 5.73 Å². The van der Waals surface area contributed by atoms with E-state index in [4.69, 9.17) is 5.73 Å². The van der Waals surface area contributed by atoms with Gasteiger partial charge >= 0.3 is 0 Å². The second kappa shape index (κ2) is 9.17. The first kappa shape index (κ1) is 21.4. The molecule has 0 bridgehead atoms. The Bertz CT molecular complexity index is 702. The lowest BCUT2D eigenvalue weighted by molar-refractivity contribution is 0.0623. The number of hydrogen-bond acceptors (Lipinski definition) is 4. The van der Waals surface area contributed by atoms with E-state index >= 15 is 0 Å². The van der Waals surface area contributed by atoms with E-state index in [-0.39, 0.29) is 36.8 Å². The van der Waals surface area contributed by atoms with E-state index in [1.807, 2.05) is 36.9 Å². The van der Waals surface area contributed by atoms with Crippen LogP contribution in [0.2, 0.25) is 0 Å². The van der Waals surface area contributed by atoms with Gasteiger partial charge in [-0.1, -0.05) is 0 Å². The first-order valence-electron chi connectivity index (χ1n) is 8.11. The number of aromatic nitrogens is 3. The van der Waals surface area contributed by atoms with Crippen molar-refractivity contribution in [2.45, 2.75) is 39.2 Å². The van der Waals surface area contributed by atoms with Crippen LogP contribution in [0.5, 0.6) is 0 Å². The minimum atomic E-state index is 0. The van der Waals surface area contributed by atoms with Gasteiger partial charge in [-0.05, 0) is 51.3 Å². The standard InChI is InChI=1S/C17H23N5O.2ClH/c1-12-9-13(2)22(20-12)16-7-6-14(11-19-16)17(23)21-8-4-3-5-15(21)10-18;;/h6-7,9,11,15H,3-5,8,10,18H2,1-2H3;2*1H.